The monoisotopic (exact) mass is 498 g/mol. The van der Waals surface area contributed by atoms with E-state index in [0.717, 1.165) is 12.1 Å². The molecule has 0 aliphatic heterocycles. The summed E-state index contributed by atoms with van der Waals surface area (Å²) in [6.45, 7) is 1.64. The van der Waals surface area contributed by atoms with Gasteiger partial charge in [-0.15, -0.1) is 13.2 Å². The van der Waals surface area contributed by atoms with Gasteiger partial charge in [0.2, 0.25) is 0 Å². The number of carboxylic acids is 1. The molecule has 0 saturated heterocycles. The second-order valence-corrected chi connectivity index (χ2v) is 7.16. The third kappa shape index (κ3) is 6.79. The molecule has 1 aromatic heterocycles. The number of pyridine rings is 1. The van der Waals surface area contributed by atoms with Crippen LogP contribution in [0.2, 0.25) is 0 Å². The zero-order valence-electron chi connectivity index (χ0n) is 18.1. The van der Waals surface area contributed by atoms with E-state index in [4.69, 9.17) is 20.3 Å². The van der Waals surface area contributed by atoms with Gasteiger partial charge in [-0.1, -0.05) is 25.1 Å². The number of nitrogens with two attached hydrogens (primary N) is 1. The minimum atomic E-state index is -5.03. The molecule has 0 fully saturated rings. The number of carbonyl (C=O) groups is 1. The van der Waals surface area contributed by atoms with Crippen LogP contribution in [0.1, 0.15) is 18.9 Å². The molecule has 2 aromatic carbocycles. The highest BCUT2D eigenvalue weighted by molar-refractivity contribution is 5.72. The molecule has 0 saturated carbocycles. The normalized spacial score (nSPS) is 12.2. The summed E-state index contributed by atoms with van der Waals surface area (Å²) in [7, 11) is 0. The Morgan fingerprint density at radius 1 is 1.03 bits per heavy atom. The van der Waals surface area contributed by atoms with Crippen LogP contribution in [0, 0.1) is 11.6 Å². The molecule has 1 heterocycles. The van der Waals surface area contributed by atoms with Gasteiger partial charge in [-0.3, -0.25) is 0 Å². The minimum Gasteiger partial charge on any atom is -0.479 e. The summed E-state index contributed by atoms with van der Waals surface area (Å²) in [5, 5.41) is 9.09. The first-order valence-electron chi connectivity index (χ1n) is 10.1. The maximum Gasteiger partial charge on any atom is 0.573 e. The number of carboxylic acid groups (broad SMARTS) is 1. The van der Waals surface area contributed by atoms with Crippen LogP contribution in [0.25, 0.3) is 11.1 Å². The number of aliphatic carboxylic acids is 1. The number of rotatable bonds is 9. The lowest BCUT2D eigenvalue weighted by molar-refractivity contribution is -0.274. The molecule has 186 valence electrons. The molecule has 0 aliphatic rings. The molecular formula is C23H19F5N2O5. The zero-order valence-corrected chi connectivity index (χ0v) is 18.1. The van der Waals surface area contributed by atoms with E-state index >= 15 is 0 Å². The van der Waals surface area contributed by atoms with Gasteiger partial charge in [0.05, 0.1) is 0 Å². The largest absolute Gasteiger partial charge is 0.573 e. The molecule has 0 amide bonds. The van der Waals surface area contributed by atoms with E-state index in [0.29, 0.717) is 17.2 Å². The zero-order chi connectivity index (χ0) is 25.8. The van der Waals surface area contributed by atoms with Crippen LogP contribution in [0.3, 0.4) is 0 Å². The standard InChI is InChI=1S/C23H19F5N2O5/c1-2-19(22(31)32)34-21-18(25)10-17(24)20(30-21)33-15-7-14(8-16(9-15)35-23(26,27)28)13-5-3-4-12(6-13)11-29/h3-10,19H,2,11,29H2,1H3,(H,31,32)/t19-/m1/s1. The maximum atomic E-state index is 14.4. The first kappa shape index (κ1) is 25.7. The van der Waals surface area contributed by atoms with Gasteiger partial charge >= 0.3 is 12.3 Å². The fourth-order valence-electron chi connectivity index (χ4n) is 3.01. The van der Waals surface area contributed by atoms with Crippen LogP contribution in [-0.4, -0.2) is 28.5 Å². The summed E-state index contributed by atoms with van der Waals surface area (Å²) in [5.41, 5.74) is 7.00. The Labute approximate surface area is 195 Å². The number of hydrogen-bond acceptors (Lipinski definition) is 6. The highest BCUT2D eigenvalue weighted by Crippen LogP contribution is 2.36. The number of alkyl halides is 3. The van der Waals surface area contributed by atoms with Gasteiger partial charge in [0.15, 0.2) is 17.7 Å². The lowest BCUT2D eigenvalue weighted by Crippen LogP contribution is -2.26. The Morgan fingerprint density at radius 3 is 2.34 bits per heavy atom. The van der Waals surface area contributed by atoms with Crippen molar-refractivity contribution < 1.29 is 46.1 Å². The molecule has 1 atom stereocenters. The van der Waals surface area contributed by atoms with Crippen LogP contribution in [0.5, 0.6) is 23.3 Å². The van der Waals surface area contributed by atoms with Crippen molar-refractivity contribution in [3.63, 3.8) is 0 Å². The molecule has 12 heteroatoms. The Morgan fingerprint density at radius 2 is 1.71 bits per heavy atom. The van der Waals surface area contributed by atoms with Gasteiger partial charge in [0, 0.05) is 18.7 Å². The van der Waals surface area contributed by atoms with E-state index in [1.165, 1.54) is 13.0 Å². The van der Waals surface area contributed by atoms with Crippen LogP contribution < -0.4 is 19.9 Å². The molecular weight excluding hydrogens is 479 g/mol. The van der Waals surface area contributed by atoms with Crippen molar-refractivity contribution in [3.05, 3.63) is 65.7 Å². The molecule has 7 nitrogen and oxygen atoms in total. The predicted octanol–water partition coefficient (Wildman–Crippen LogP) is 5.42. The maximum absolute atomic E-state index is 14.4. The number of hydrogen-bond donors (Lipinski definition) is 2. The average Bonchev–Trinajstić information content (AvgIpc) is 2.78. The van der Waals surface area contributed by atoms with Gasteiger partial charge in [-0.2, -0.15) is 4.98 Å². The Kier molecular flexibility index (Phi) is 7.75. The van der Waals surface area contributed by atoms with Crippen LogP contribution >= 0.6 is 0 Å². The fraction of sp³-hybridized carbons (Fsp3) is 0.217. The van der Waals surface area contributed by atoms with Gasteiger partial charge in [-0.25, -0.2) is 13.6 Å². The first-order chi connectivity index (χ1) is 16.5. The molecule has 3 rings (SSSR count). The van der Waals surface area contributed by atoms with Crippen LogP contribution in [0.15, 0.2) is 48.5 Å². The van der Waals surface area contributed by atoms with E-state index in [1.807, 2.05) is 0 Å². The summed E-state index contributed by atoms with van der Waals surface area (Å²) in [4.78, 5) is 14.7. The quantitative estimate of drug-likeness (QED) is 0.380. The highest BCUT2D eigenvalue weighted by Gasteiger charge is 2.31. The number of halogens is 5. The molecule has 3 aromatic rings. The highest BCUT2D eigenvalue weighted by atomic mass is 19.4. The number of aromatic nitrogens is 1. The Balaban J connectivity index is 2.03. The fourth-order valence-corrected chi connectivity index (χ4v) is 3.01. The van der Waals surface area contributed by atoms with Gasteiger partial charge < -0.3 is 25.1 Å². The van der Waals surface area contributed by atoms with E-state index in [-0.39, 0.29) is 24.3 Å². The summed E-state index contributed by atoms with van der Waals surface area (Å²) in [5.74, 6) is -6.69. The second kappa shape index (κ2) is 10.6. The van der Waals surface area contributed by atoms with Crippen molar-refractivity contribution in [1.29, 1.82) is 0 Å². The number of benzene rings is 2. The van der Waals surface area contributed by atoms with Crippen molar-refractivity contribution in [2.45, 2.75) is 32.4 Å². The van der Waals surface area contributed by atoms with Crippen molar-refractivity contribution in [2.75, 3.05) is 0 Å². The SMILES string of the molecule is CC[C@@H](Oc1nc(Oc2cc(OC(F)(F)F)cc(-c3cccc(CN)c3)c2)c(F)cc1F)C(=O)O. The second-order valence-electron chi connectivity index (χ2n) is 7.16. The number of ether oxygens (including phenoxy) is 3. The van der Waals surface area contributed by atoms with Gasteiger partial charge in [0.25, 0.3) is 11.8 Å². The van der Waals surface area contributed by atoms with Crippen molar-refractivity contribution in [2.24, 2.45) is 5.73 Å². The Hall–Kier alpha value is -3.93. The average molecular weight is 498 g/mol. The summed E-state index contributed by atoms with van der Waals surface area (Å²) < 4.78 is 81.4. The Bertz CT molecular complexity index is 1220. The van der Waals surface area contributed by atoms with Crippen LogP contribution in [0.4, 0.5) is 22.0 Å². The van der Waals surface area contributed by atoms with Crippen molar-refractivity contribution in [1.82, 2.24) is 4.98 Å². The molecule has 35 heavy (non-hydrogen) atoms. The lowest BCUT2D eigenvalue weighted by Gasteiger charge is -2.16. The molecule has 0 bridgehead atoms. The summed E-state index contributed by atoms with van der Waals surface area (Å²) >= 11 is 0. The van der Waals surface area contributed by atoms with Gasteiger partial charge in [-0.05, 0) is 41.3 Å². The molecule has 0 aliphatic carbocycles. The van der Waals surface area contributed by atoms with E-state index in [2.05, 4.69) is 9.72 Å². The first-order valence-corrected chi connectivity index (χ1v) is 10.1. The number of nitrogens with zero attached hydrogens (tertiary/aromatic N) is 1. The predicted molar refractivity (Wildman–Crippen MR) is 113 cm³/mol. The van der Waals surface area contributed by atoms with E-state index < -0.39 is 47.6 Å². The third-order valence-electron chi connectivity index (χ3n) is 4.59. The van der Waals surface area contributed by atoms with Gasteiger partial charge in [0.1, 0.15) is 11.5 Å². The summed E-state index contributed by atoms with van der Waals surface area (Å²) in [6.07, 6.45) is -6.55. The molecule has 0 radical (unpaired) electrons. The van der Waals surface area contributed by atoms with Crippen molar-refractivity contribution in [3.8, 4) is 34.4 Å². The van der Waals surface area contributed by atoms with E-state index in [9.17, 15) is 26.7 Å². The van der Waals surface area contributed by atoms with Crippen molar-refractivity contribution >= 4 is 5.97 Å². The third-order valence-corrected chi connectivity index (χ3v) is 4.59. The molecule has 3 N–H and O–H groups in total. The van der Waals surface area contributed by atoms with Crippen LogP contribution in [-0.2, 0) is 11.3 Å². The topological polar surface area (TPSA) is 104 Å². The molecule has 0 spiro atoms. The minimum absolute atomic E-state index is 0.0495. The summed E-state index contributed by atoms with van der Waals surface area (Å²) in [6, 6.07) is 10.2. The lowest BCUT2D eigenvalue weighted by atomic mass is 10.0. The molecule has 0 unspecified atom stereocenters. The van der Waals surface area contributed by atoms with E-state index in [1.54, 1.807) is 24.3 Å². The smallest absolute Gasteiger partial charge is 0.479 e.